The van der Waals surface area contributed by atoms with Gasteiger partial charge in [0.15, 0.2) is 0 Å². The Morgan fingerprint density at radius 1 is 0.368 bits per heavy atom. The normalized spacial score (nSPS) is 12.6. The van der Waals surface area contributed by atoms with Gasteiger partial charge in [0, 0.05) is 23.1 Å². The molecule has 0 N–H and O–H groups in total. The van der Waals surface area contributed by atoms with Gasteiger partial charge in [-0.1, -0.05) is 188 Å². The zero-order chi connectivity index (χ0) is 49.3. The molecule has 68 heavy (non-hydrogen) atoms. The van der Waals surface area contributed by atoms with E-state index in [1.54, 1.807) is 4.70 Å². The van der Waals surface area contributed by atoms with Gasteiger partial charge in [0.1, 0.15) is 5.57 Å². The average molecular weight is 976 g/mol. The third kappa shape index (κ3) is 26.7. The van der Waals surface area contributed by atoms with Crippen molar-refractivity contribution in [1.82, 2.24) is 0 Å². The number of benzene rings is 2. The molecule has 2 aromatic rings. The maximum atomic E-state index is 12.7. The van der Waals surface area contributed by atoms with Crippen molar-refractivity contribution in [3.05, 3.63) is 86.5 Å². The van der Waals surface area contributed by atoms with Gasteiger partial charge in [-0.25, -0.2) is 4.70 Å². The van der Waals surface area contributed by atoms with Crippen molar-refractivity contribution in [2.45, 2.75) is 304 Å². The Kier molecular flexibility index (Phi) is 38.4. The van der Waals surface area contributed by atoms with Gasteiger partial charge >= 0.3 is 77.6 Å². The van der Waals surface area contributed by atoms with E-state index in [0.29, 0.717) is 0 Å². The van der Waals surface area contributed by atoms with Crippen molar-refractivity contribution in [2.24, 2.45) is 0 Å². The summed E-state index contributed by atoms with van der Waals surface area (Å²) in [5.41, 5.74) is 24.8. The molecule has 0 radical (unpaired) electrons. The molecule has 0 aromatic heterocycles. The number of allylic oxidation sites excluding steroid dienone is 2. The van der Waals surface area contributed by atoms with E-state index in [4.69, 9.17) is 0 Å². The van der Waals surface area contributed by atoms with Gasteiger partial charge in [-0.05, 0) is 117 Å². The minimum absolute atomic E-state index is 0.917. The molecule has 0 unspecified atom stereocenters. The van der Waals surface area contributed by atoms with E-state index in [2.05, 4.69) is 104 Å². The van der Waals surface area contributed by atoms with Crippen LogP contribution in [0.2, 0.25) is 10.8 Å². The predicted octanol–water partition coefficient (Wildman–Crippen LogP) is 22.0. The molecular weight excluding hydrogens is 867 g/mol. The second kappa shape index (κ2) is 42.3. The fourth-order valence-corrected chi connectivity index (χ4v) is 10.8. The van der Waals surface area contributed by atoms with Crippen LogP contribution in [0.3, 0.4) is 0 Å². The van der Waals surface area contributed by atoms with Crippen LogP contribution in [0.25, 0.3) is 16.9 Å². The molecule has 2 nitrogen and oxygen atoms in total. The van der Waals surface area contributed by atoms with Crippen LogP contribution in [0.4, 0.5) is 0 Å². The van der Waals surface area contributed by atoms with E-state index >= 15 is 0 Å². The zero-order valence-corrected chi connectivity index (χ0v) is 47.2. The average Bonchev–Trinajstić information content (AvgIpc) is 3.62. The van der Waals surface area contributed by atoms with Gasteiger partial charge in [0.05, 0.1) is 0 Å². The predicted molar refractivity (Wildman–Crippen MR) is 300 cm³/mol. The number of rotatable bonds is 40. The Balaban J connectivity index is 0.00000127. The topological polar surface area (TPSA) is 25.3 Å². The summed E-state index contributed by atoms with van der Waals surface area (Å²) in [6.07, 6.45) is 46.4. The summed E-state index contributed by atoms with van der Waals surface area (Å²) in [6, 6.07) is 14.5. The van der Waals surface area contributed by atoms with Crippen LogP contribution in [-0.2, 0) is 40.1 Å². The first kappa shape index (κ1) is 61.7. The molecule has 2 aromatic carbocycles. The van der Waals surface area contributed by atoms with Crippen molar-refractivity contribution in [3.8, 4) is 11.8 Å². The van der Waals surface area contributed by atoms with Crippen molar-refractivity contribution >= 4 is 11.4 Å². The van der Waals surface area contributed by atoms with E-state index in [0.717, 1.165) is 80.3 Å². The summed E-state index contributed by atoms with van der Waals surface area (Å²) in [5.74, 6) is 7.46. The first-order valence-electron chi connectivity index (χ1n) is 29.6. The van der Waals surface area contributed by atoms with Crippen LogP contribution >= 0.6 is 0 Å². The summed E-state index contributed by atoms with van der Waals surface area (Å²) in [5, 5.41) is 2.81. The monoisotopic (exact) mass is 975 g/mol. The molecule has 0 atom stereocenters. The summed E-state index contributed by atoms with van der Waals surface area (Å²) in [7, 11) is 0. The number of aryl methyl sites for hydroxylation is 4. The van der Waals surface area contributed by atoms with Gasteiger partial charge in [-0.3, -0.25) is 0 Å². The first-order valence-corrected chi connectivity index (χ1v) is 31.0. The van der Waals surface area contributed by atoms with Gasteiger partial charge in [0.25, 0.3) is 0 Å². The molecule has 0 spiro atoms. The fourth-order valence-electron chi connectivity index (χ4n) is 9.52. The van der Waals surface area contributed by atoms with Gasteiger partial charge in [-0.2, -0.15) is 0 Å². The van der Waals surface area contributed by atoms with Crippen LogP contribution in [0, 0.1) is 11.8 Å². The van der Waals surface area contributed by atoms with E-state index < -0.39 is 0 Å². The molecule has 0 saturated heterocycles. The SMILES string of the molecule is CCCCCCCCCCCCCC#CC1=C(c2cc(CCCCC)cc(CCCCC)c2)[N+](=[N-])C(c2cc(CCCCC)cc(CCCCC)c2)=C1CCCC.CCCC[CH2][Ni][CH2]CCCC. The van der Waals surface area contributed by atoms with Crippen LogP contribution in [0.1, 0.15) is 301 Å². The van der Waals surface area contributed by atoms with Crippen LogP contribution in [0.15, 0.2) is 47.5 Å². The Labute approximate surface area is 430 Å². The quantitative estimate of drug-likeness (QED) is 0.0275. The molecule has 0 aliphatic carbocycles. The Hall–Kier alpha value is -2.43. The molecular formula is C65H108N2Ni. The molecule has 0 bridgehead atoms. The Morgan fingerprint density at radius 2 is 0.706 bits per heavy atom. The first-order chi connectivity index (χ1) is 33.4. The van der Waals surface area contributed by atoms with Crippen molar-refractivity contribution in [2.75, 3.05) is 0 Å². The van der Waals surface area contributed by atoms with Crippen LogP contribution in [0.5, 0.6) is 0 Å². The molecule has 0 amide bonds. The summed E-state index contributed by atoms with van der Waals surface area (Å²) < 4.78 is 1.60. The third-order valence-electron chi connectivity index (χ3n) is 13.7. The van der Waals surface area contributed by atoms with Crippen LogP contribution < -0.4 is 0 Å². The second-order valence-electron chi connectivity index (χ2n) is 20.3. The maximum absolute atomic E-state index is 12.7. The standard InChI is InChI=1S/C55H86N2.2C5H11.Ni/c1-7-13-19-20-21-22-23-24-25-26-27-28-33-39-53-52(38-18-12-6)54(50-42-46(34-29-14-8-2)40-47(43-50)35-30-15-9-3)57(56)55(53)51-44-48(36-31-16-10-4)41-49(45-51)37-32-17-11-5;2*1-3-5-4-2;/h40-45H,7-32,34-38H2,1-6H3;2*1,3-5H2,2H3;. The van der Waals surface area contributed by atoms with E-state index in [-0.39, 0.29) is 0 Å². The molecule has 0 fully saturated rings. The Morgan fingerprint density at radius 3 is 1.10 bits per heavy atom. The number of hydrogen-bond donors (Lipinski definition) is 0. The number of hydrogen-bond acceptors (Lipinski definition) is 0. The van der Waals surface area contributed by atoms with E-state index in [9.17, 15) is 5.53 Å². The van der Waals surface area contributed by atoms with E-state index in [1.165, 1.54) is 224 Å². The third-order valence-corrected chi connectivity index (χ3v) is 15.1. The minimum atomic E-state index is 0.917. The van der Waals surface area contributed by atoms with Crippen molar-refractivity contribution in [3.63, 3.8) is 0 Å². The second-order valence-corrected chi connectivity index (χ2v) is 21.8. The number of unbranched alkanes of at least 4 members (excludes halogenated alkanes) is 24. The van der Waals surface area contributed by atoms with E-state index in [1.807, 2.05) is 14.4 Å². The van der Waals surface area contributed by atoms with Gasteiger partial charge in [0.2, 0.25) is 11.4 Å². The summed E-state index contributed by atoms with van der Waals surface area (Å²) in [6.45, 7) is 18.3. The molecule has 1 heterocycles. The Bertz CT molecular complexity index is 1650. The van der Waals surface area contributed by atoms with Crippen LogP contribution in [-0.4, -0.2) is 4.70 Å². The van der Waals surface area contributed by atoms with Crippen molar-refractivity contribution in [1.29, 1.82) is 0 Å². The molecule has 0 saturated carbocycles. The molecule has 1 aliphatic rings. The molecule has 3 rings (SSSR count). The van der Waals surface area contributed by atoms with Crippen molar-refractivity contribution < 1.29 is 19.1 Å². The van der Waals surface area contributed by atoms with Gasteiger partial charge in [-0.15, -0.1) is 0 Å². The molecule has 1 aliphatic heterocycles. The zero-order valence-electron chi connectivity index (χ0n) is 46.3. The molecule has 3 heteroatoms. The fraction of sp³-hybridized carbons (Fsp3) is 0.723. The molecule has 388 valence electrons. The summed E-state index contributed by atoms with van der Waals surface area (Å²) in [4.78, 5) is 0. The summed E-state index contributed by atoms with van der Waals surface area (Å²) >= 11 is 1.97. The number of nitrogens with zero attached hydrogens (tertiary/aromatic N) is 2. The van der Waals surface area contributed by atoms with Gasteiger partial charge < -0.3 is 5.53 Å².